The number of aryl methyl sites for hydroxylation is 2. The van der Waals surface area contributed by atoms with E-state index in [4.69, 9.17) is 0 Å². The smallest absolute Gasteiger partial charge is 0.239 e. The summed E-state index contributed by atoms with van der Waals surface area (Å²) in [7, 11) is 0. The number of nitrogens with one attached hydrogen (secondary N) is 1. The summed E-state index contributed by atoms with van der Waals surface area (Å²) in [5, 5.41) is 12.0. The first-order chi connectivity index (χ1) is 12.1. The maximum Gasteiger partial charge on any atom is 0.239 e. The van der Waals surface area contributed by atoms with E-state index in [0.717, 1.165) is 37.4 Å². The van der Waals surface area contributed by atoms with E-state index in [9.17, 15) is 4.79 Å². The van der Waals surface area contributed by atoms with E-state index in [1.807, 2.05) is 17.7 Å². The molecule has 2 fully saturated rings. The molecule has 7 heteroatoms. The summed E-state index contributed by atoms with van der Waals surface area (Å²) in [4.78, 5) is 14.5. The Morgan fingerprint density at radius 1 is 1.20 bits per heavy atom. The Balaban J connectivity index is 1.29. The van der Waals surface area contributed by atoms with Gasteiger partial charge in [-0.25, -0.2) is 4.68 Å². The largest absolute Gasteiger partial charge is 0.310 e. The third-order valence-electron chi connectivity index (χ3n) is 5.30. The first-order valence-corrected chi connectivity index (χ1v) is 9.18. The lowest BCUT2D eigenvalue weighted by Crippen LogP contribution is -2.51. The van der Waals surface area contributed by atoms with Crippen LogP contribution in [-0.2, 0) is 4.79 Å². The fourth-order valence-corrected chi connectivity index (χ4v) is 4.08. The quantitative estimate of drug-likeness (QED) is 0.905. The summed E-state index contributed by atoms with van der Waals surface area (Å²) < 4.78 is 4.07. The van der Waals surface area contributed by atoms with Gasteiger partial charge in [0.25, 0.3) is 0 Å². The highest BCUT2D eigenvalue weighted by Crippen LogP contribution is 2.31. The molecule has 2 aromatic rings. The van der Waals surface area contributed by atoms with Crippen molar-refractivity contribution in [2.75, 3.05) is 25.0 Å². The fraction of sp³-hybridized carbons (Fsp3) is 0.611. The standard InChI is InChI=1S/C18H26N6O/c1-13-9-14(2)23(21-13)16-10-22(11-16)12-18(25)20-17-7-8-19-24(17)15-5-3-4-6-15/h7-9,15-16H,3-6,10-12H2,1-2H3,(H,20,25). The van der Waals surface area contributed by atoms with Gasteiger partial charge in [-0.05, 0) is 32.8 Å². The Morgan fingerprint density at radius 3 is 2.64 bits per heavy atom. The summed E-state index contributed by atoms with van der Waals surface area (Å²) in [5.74, 6) is 0.860. The van der Waals surface area contributed by atoms with Crippen LogP contribution in [0.4, 0.5) is 5.82 Å². The van der Waals surface area contributed by atoms with Gasteiger partial charge in [0.2, 0.25) is 5.91 Å². The van der Waals surface area contributed by atoms with Crippen LogP contribution in [-0.4, -0.2) is 50.0 Å². The van der Waals surface area contributed by atoms with Gasteiger partial charge in [0.1, 0.15) is 5.82 Å². The lowest BCUT2D eigenvalue weighted by Gasteiger charge is -2.39. The van der Waals surface area contributed by atoms with Crippen molar-refractivity contribution in [1.29, 1.82) is 0 Å². The van der Waals surface area contributed by atoms with Crippen LogP contribution in [0.3, 0.4) is 0 Å². The third-order valence-corrected chi connectivity index (χ3v) is 5.30. The monoisotopic (exact) mass is 342 g/mol. The average Bonchev–Trinajstić information content (AvgIpc) is 3.23. The molecule has 2 aliphatic rings. The molecule has 1 amide bonds. The molecule has 1 saturated heterocycles. The number of carbonyl (C=O) groups excluding carboxylic acids is 1. The number of hydrogen-bond acceptors (Lipinski definition) is 4. The van der Waals surface area contributed by atoms with Gasteiger partial charge < -0.3 is 5.32 Å². The van der Waals surface area contributed by atoms with Gasteiger partial charge in [-0.2, -0.15) is 10.2 Å². The van der Waals surface area contributed by atoms with E-state index in [1.54, 1.807) is 6.20 Å². The minimum Gasteiger partial charge on any atom is -0.310 e. The van der Waals surface area contributed by atoms with Gasteiger partial charge in [0, 0.05) is 24.8 Å². The second-order valence-corrected chi connectivity index (χ2v) is 7.37. The maximum absolute atomic E-state index is 12.4. The zero-order chi connectivity index (χ0) is 17.4. The van der Waals surface area contributed by atoms with E-state index in [1.165, 1.54) is 18.5 Å². The number of hydrogen-bond donors (Lipinski definition) is 1. The molecule has 0 unspecified atom stereocenters. The summed E-state index contributed by atoms with van der Waals surface area (Å²) in [6.45, 7) is 6.26. The predicted molar refractivity (Wildman–Crippen MR) is 95.5 cm³/mol. The Morgan fingerprint density at radius 2 is 1.96 bits per heavy atom. The average molecular weight is 342 g/mol. The molecule has 1 aliphatic carbocycles. The molecular formula is C18H26N6O. The molecule has 3 heterocycles. The fourth-order valence-electron chi connectivity index (χ4n) is 4.08. The Hall–Kier alpha value is -2.15. The van der Waals surface area contributed by atoms with Gasteiger partial charge in [0.05, 0.1) is 30.5 Å². The summed E-state index contributed by atoms with van der Waals surface area (Å²) in [6.07, 6.45) is 6.58. The van der Waals surface area contributed by atoms with Gasteiger partial charge in [-0.1, -0.05) is 12.8 Å². The summed E-state index contributed by atoms with van der Waals surface area (Å²) >= 11 is 0. The number of aromatic nitrogens is 4. The highest BCUT2D eigenvalue weighted by Gasteiger charge is 2.31. The Kier molecular flexibility index (Phi) is 4.33. The van der Waals surface area contributed by atoms with E-state index in [0.29, 0.717) is 18.6 Å². The molecule has 0 radical (unpaired) electrons. The predicted octanol–water partition coefficient (Wildman–Crippen LogP) is 2.31. The molecule has 1 N–H and O–H groups in total. The molecule has 0 spiro atoms. The van der Waals surface area contributed by atoms with Crippen LogP contribution in [0.15, 0.2) is 18.3 Å². The topological polar surface area (TPSA) is 68.0 Å². The molecule has 4 rings (SSSR count). The van der Waals surface area contributed by atoms with Gasteiger partial charge in [-0.3, -0.25) is 14.4 Å². The molecule has 0 atom stereocenters. The third kappa shape index (κ3) is 3.33. The van der Waals surface area contributed by atoms with Crippen molar-refractivity contribution in [2.45, 2.75) is 51.6 Å². The molecule has 134 valence electrons. The van der Waals surface area contributed by atoms with E-state index in [2.05, 4.69) is 38.1 Å². The molecule has 0 bridgehead atoms. The molecule has 1 saturated carbocycles. The highest BCUT2D eigenvalue weighted by atomic mass is 16.2. The normalized spacial score (nSPS) is 19.3. The molecule has 7 nitrogen and oxygen atoms in total. The van der Waals surface area contributed by atoms with Crippen molar-refractivity contribution in [2.24, 2.45) is 0 Å². The Bertz CT molecular complexity index is 751. The molecule has 1 aliphatic heterocycles. The summed E-state index contributed by atoms with van der Waals surface area (Å²) in [5.41, 5.74) is 2.24. The van der Waals surface area contributed by atoms with Crippen molar-refractivity contribution >= 4 is 11.7 Å². The number of rotatable bonds is 5. The van der Waals surface area contributed by atoms with Crippen molar-refractivity contribution in [3.05, 3.63) is 29.7 Å². The van der Waals surface area contributed by atoms with E-state index < -0.39 is 0 Å². The minimum absolute atomic E-state index is 0.0339. The van der Waals surface area contributed by atoms with Gasteiger partial charge in [0.15, 0.2) is 0 Å². The van der Waals surface area contributed by atoms with Gasteiger partial charge >= 0.3 is 0 Å². The van der Waals surface area contributed by atoms with Crippen LogP contribution in [0.5, 0.6) is 0 Å². The molecule has 25 heavy (non-hydrogen) atoms. The molecule has 2 aromatic heterocycles. The van der Waals surface area contributed by atoms with Crippen LogP contribution in [0, 0.1) is 13.8 Å². The van der Waals surface area contributed by atoms with Crippen molar-refractivity contribution in [3.63, 3.8) is 0 Å². The SMILES string of the molecule is Cc1cc(C)n(C2CN(CC(=O)Nc3ccnn3C3CCCC3)C2)n1. The van der Waals surface area contributed by atoms with E-state index in [-0.39, 0.29) is 5.91 Å². The summed E-state index contributed by atoms with van der Waals surface area (Å²) in [6, 6.07) is 4.81. The zero-order valence-corrected chi connectivity index (χ0v) is 15.0. The number of anilines is 1. The van der Waals surface area contributed by atoms with Crippen molar-refractivity contribution in [1.82, 2.24) is 24.5 Å². The number of likely N-dealkylation sites (tertiary alicyclic amines) is 1. The van der Waals surface area contributed by atoms with Crippen molar-refractivity contribution < 1.29 is 4.79 Å². The van der Waals surface area contributed by atoms with Crippen LogP contribution >= 0.6 is 0 Å². The van der Waals surface area contributed by atoms with Crippen molar-refractivity contribution in [3.8, 4) is 0 Å². The van der Waals surface area contributed by atoms with Crippen LogP contribution < -0.4 is 5.32 Å². The minimum atomic E-state index is 0.0339. The zero-order valence-electron chi connectivity index (χ0n) is 15.0. The Labute approximate surface area is 148 Å². The number of amides is 1. The lowest BCUT2D eigenvalue weighted by molar-refractivity contribution is -0.118. The maximum atomic E-state index is 12.4. The van der Waals surface area contributed by atoms with Gasteiger partial charge in [-0.15, -0.1) is 0 Å². The number of carbonyl (C=O) groups is 1. The molecular weight excluding hydrogens is 316 g/mol. The lowest BCUT2D eigenvalue weighted by atomic mass is 10.1. The second-order valence-electron chi connectivity index (χ2n) is 7.37. The van der Waals surface area contributed by atoms with Crippen LogP contribution in [0.1, 0.15) is 49.2 Å². The number of nitrogens with zero attached hydrogens (tertiary/aromatic N) is 5. The van der Waals surface area contributed by atoms with Crippen LogP contribution in [0.25, 0.3) is 0 Å². The first kappa shape index (κ1) is 16.3. The molecule has 0 aromatic carbocycles. The first-order valence-electron chi connectivity index (χ1n) is 9.18. The van der Waals surface area contributed by atoms with E-state index >= 15 is 0 Å². The van der Waals surface area contributed by atoms with Crippen LogP contribution in [0.2, 0.25) is 0 Å². The highest BCUT2D eigenvalue weighted by molar-refractivity contribution is 5.91. The second kappa shape index (κ2) is 6.63.